The Bertz CT molecular complexity index is 932. The molecule has 0 unspecified atom stereocenters. The zero-order valence-electron chi connectivity index (χ0n) is 14.2. The Labute approximate surface area is 150 Å². The summed E-state index contributed by atoms with van der Waals surface area (Å²) >= 11 is 1.55. The molecule has 0 fully saturated rings. The first kappa shape index (κ1) is 17.1. The molecule has 1 aromatic carbocycles. The molecule has 2 aromatic heterocycles. The largest absolute Gasteiger partial charge is 0.311 e. The van der Waals surface area contributed by atoms with E-state index in [2.05, 4.69) is 5.10 Å². The number of aromatic nitrogens is 2. The lowest BCUT2D eigenvalue weighted by Crippen LogP contribution is -2.37. The first-order chi connectivity index (χ1) is 12.1. The van der Waals surface area contributed by atoms with Crippen molar-refractivity contribution < 1.29 is 4.79 Å². The molecule has 0 saturated carbocycles. The Morgan fingerprint density at radius 3 is 2.64 bits per heavy atom. The van der Waals surface area contributed by atoms with Gasteiger partial charge in [-0.1, -0.05) is 24.3 Å². The zero-order valence-corrected chi connectivity index (χ0v) is 15.0. The van der Waals surface area contributed by atoms with Gasteiger partial charge in [-0.05, 0) is 43.0 Å². The maximum absolute atomic E-state index is 12.8. The second kappa shape index (κ2) is 7.44. The third kappa shape index (κ3) is 3.69. The van der Waals surface area contributed by atoms with Crippen LogP contribution >= 0.6 is 11.3 Å². The van der Waals surface area contributed by atoms with Gasteiger partial charge in [0.05, 0.1) is 4.88 Å². The lowest BCUT2D eigenvalue weighted by atomic mass is 10.2. The van der Waals surface area contributed by atoms with Crippen molar-refractivity contribution in [3.63, 3.8) is 0 Å². The quantitative estimate of drug-likeness (QED) is 0.707. The number of amides is 1. The smallest absolute Gasteiger partial charge is 0.267 e. The van der Waals surface area contributed by atoms with E-state index in [-0.39, 0.29) is 18.0 Å². The molecule has 0 aliphatic carbocycles. The molecule has 0 bridgehead atoms. The van der Waals surface area contributed by atoms with Crippen molar-refractivity contribution in [2.75, 3.05) is 11.4 Å². The van der Waals surface area contributed by atoms with E-state index in [4.69, 9.17) is 0 Å². The first-order valence-electron chi connectivity index (χ1n) is 8.08. The molecule has 6 heteroatoms. The number of anilines is 1. The van der Waals surface area contributed by atoms with Crippen molar-refractivity contribution in [1.29, 1.82) is 0 Å². The zero-order chi connectivity index (χ0) is 17.8. The van der Waals surface area contributed by atoms with Crippen LogP contribution in [0, 0.1) is 6.92 Å². The van der Waals surface area contributed by atoms with Crippen molar-refractivity contribution in [1.82, 2.24) is 9.78 Å². The molecule has 0 aliphatic heterocycles. The average Bonchev–Trinajstić information content (AvgIpc) is 3.14. The van der Waals surface area contributed by atoms with Crippen LogP contribution in [0.15, 0.2) is 58.7 Å². The van der Waals surface area contributed by atoms with Gasteiger partial charge in [-0.3, -0.25) is 9.59 Å². The predicted molar refractivity (Wildman–Crippen MR) is 101 cm³/mol. The molecule has 0 radical (unpaired) electrons. The number of thiophene rings is 1. The summed E-state index contributed by atoms with van der Waals surface area (Å²) in [7, 11) is 0. The molecular formula is C19H19N3O2S. The highest BCUT2D eigenvalue weighted by Crippen LogP contribution is 2.22. The summed E-state index contributed by atoms with van der Waals surface area (Å²) in [6.07, 6.45) is 0. The van der Waals surface area contributed by atoms with Crippen LogP contribution < -0.4 is 10.5 Å². The molecule has 25 heavy (non-hydrogen) atoms. The van der Waals surface area contributed by atoms with Gasteiger partial charge < -0.3 is 4.90 Å². The highest BCUT2D eigenvalue weighted by molar-refractivity contribution is 7.13. The average molecular weight is 353 g/mol. The Balaban J connectivity index is 1.88. The normalized spacial score (nSPS) is 10.6. The maximum atomic E-state index is 12.8. The van der Waals surface area contributed by atoms with E-state index >= 15 is 0 Å². The van der Waals surface area contributed by atoms with Crippen molar-refractivity contribution in [2.45, 2.75) is 20.4 Å². The van der Waals surface area contributed by atoms with Crippen molar-refractivity contribution in [2.24, 2.45) is 0 Å². The summed E-state index contributed by atoms with van der Waals surface area (Å²) in [6, 6.07) is 14.7. The predicted octanol–water partition coefficient (Wildman–Crippen LogP) is 3.33. The fourth-order valence-corrected chi connectivity index (χ4v) is 3.37. The first-order valence-corrected chi connectivity index (χ1v) is 8.96. The molecule has 0 aliphatic rings. The SMILES string of the molecule is CCN(C(=O)Cn1nc(-c2cccs2)ccc1=O)c1ccccc1C. The molecule has 5 nitrogen and oxygen atoms in total. The van der Waals surface area contributed by atoms with E-state index in [9.17, 15) is 9.59 Å². The number of carbonyl (C=O) groups is 1. The van der Waals surface area contributed by atoms with Gasteiger partial charge in [-0.25, -0.2) is 4.68 Å². The maximum Gasteiger partial charge on any atom is 0.267 e. The lowest BCUT2D eigenvalue weighted by molar-refractivity contribution is -0.119. The fourth-order valence-electron chi connectivity index (χ4n) is 2.68. The van der Waals surface area contributed by atoms with Crippen LogP contribution in [0.4, 0.5) is 5.69 Å². The summed E-state index contributed by atoms with van der Waals surface area (Å²) < 4.78 is 1.23. The van der Waals surface area contributed by atoms with Gasteiger partial charge in [0.2, 0.25) is 5.91 Å². The minimum absolute atomic E-state index is 0.0831. The third-order valence-corrected chi connectivity index (χ3v) is 4.84. The fraction of sp³-hybridized carbons (Fsp3) is 0.211. The van der Waals surface area contributed by atoms with E-state index in [0.29, 0.717) is 12.2 Å². The van der Waals surface area contributed by atoms with Gasteiger partial charge in [-0.15, -0.1) is 11.3 Å². The van der Waals surface area contributed by atoms with E-state index in [1.165, 1.54) is 10.7 Å². The van der Waals surface area contributed by atoms with Crippen molar-refractivity contribution in [3.05, 3.63) is 69.8 Å². The van der Waals surface area contributed by atoms with Crippen LogP contribution in [0.2, 0.25) is 0 Å². The number of para-hydroxylation sites is 1. The Hall–Kier alpha value is -2.73. The van der Waals surface area contributed by atoms with Gasteiger partial charge in [0.1, 0.15) is 12.2 Å². The number of benzene rings is 1. The summed E-state index contributed by atoms with van der Waals surface area (Å²) in [4.78, 5) is 27.5. The molecular weight excluding hydrogens is 334 g/mol. The number of rotatable bonds is 5. The van der Waals surface area contributed by atoms with Crippen LogP contribution in [0.1, 0.15) is 12.5 Å². The number of hydrogen-bond donors (Lipinski definition) is 0. The summed E-state index contributed by atoms with van der Waals surface area (Å²) in [5, 5.41) is 6.31. The topological polar surface area (TPSA) is 55.2 Å². The number of nitrogens with zero attached hydrogens (tertiary/aromatic N) is 3. The minimum Gasteiger partial charge on any atom is -0.311 e. The van der Waals surface area contributed by atoms with Gasteiger partial charge in [0.15, 0.2) is 0 Å². The number of carbonyl (C=O) groups excluding carboxylic acids is 1. The third-order valence-electron chi connectivity index (χ3n) is 3.95. The highest BCUT2D eigenvalue weighted by Gasteiger charge is 2.17. The van der Waals surface area contributed by atoms with Crippen molar-refractivity contribution in [3.8, 4) is 10.6 Å². The number of likely N-dealkylation sites (N-methyl/N-ethyl adjacent to an activating group) is 1. The molecule has 0 atom stereocenters. The van der Waals surface area contributed by atoms with E-state index in [1.54, 1.807) is 22.3 Å². The van der Waals surface area contributed by atoms with Gasteiger partial charge in [-0.2, -0.15) is 5.10 Å². The van der Waals surface area contributed by atoms with Crippen LogP contribution in [-0.2, 0) is 11.3 Å². The van der Waals surface area contributed by atoms with Crippen molar-refractivity contribution >= 4 is 22.9 Å². The Morgan fingerprint density at radius 1 is 1.16 bits per heavy atom. The summed E-state index contributed by atoms with van der Waals surface area (Å²) in [5.74, 6) is -0.158. The second-order valence-corrected chi connectivity index (χ2v) is 6.56. The monoisotopic (exact) mass is 353 g/mol. The molecule has 3 rings (SSSR count). The van der Waals surface area contributed by atoms with E-state index in [1.807, 2.05) is 55.6 Å². The van der Waals surface area contributed by atoms with Gasteiger partial charge in [0, 0.05) is 18.3 Å². The molecule has 2 heterocycles. The van der Waals surface area contributed by atoms with Crippen LogP contribution in [0.25, 0.3) is 10.6 Å². The van der Waals surface area contributed by atoms with Crippen LogP contribution in [0.5, 0.6) is 0 Å². The minimum atomic E-state index is -0.283. The summed E-state index contributed by atoms with van der Waals surface area (Å²) in [6.45, 7) is 4.33. The van der Waals surface area contributed by atoms with Crippen LogP contribution in [0.3, 0.4) is 0 Å². The number of aryl methyl sites for hydroxylation is 1. The highest BCUT2D eigenvalue weighted by atomic mass is 32.1. The Morgan fingerprint density at radius 2 is 1.96 bits per heavy atom. The number of hydrogen-bond acceptors (Lipinski definition) is 4. The lowest BCUT2D eigenvalue weighted by Gasteiger charge is -2.23. The van der Waals surface area contributed by atoms with E-state index < -0.39 is 0 Å². The van der Waals surface area contributed by atoms with Gasteiger partial charge >= 0.3 is 0 Å². The molecule has 0 N–H and O–H groups in total. The van der Waals surface area contributed by atoms with Gasteiger partial charge in [0.25, 0.3) is 5.56 Å². The second-order valence-electron chi connectivity index (χ2n) is 5.62. The van der Waals surface area contributed by atoms with E-state index in [0.717, 1.165) is 16.1 Å². The van der Waals surface area contributed by atoms with Crippen LogP contribution in [-0.4, -0.2) is 22.2 Å². The standard InChI is InChI=1S/C19H19N3O2S/c1-3-21(16-8-5-4-7-14(16)2)19(24)13-22-18(23)11-10-15(20-22)17-9-6-12-25-17/h4-12H,3,13H2,1-2H3. The molecule has 3 aromatic rings. The Kier molecular flexibility index (Phi) is 5.09. The molecule has 128 valence electrons. The molecule has 0 saturated heterocycles. The molecule has 0 spiro atoms. The molecule has 1 amide bonds. The summed E-state index contributed by atoms with van der Waals surface area (Å²) in [5.41, 5.74) is 2.29.